The molecule has 1 saturated carbocycles. The summed E-state index contributed by atoms with van der Waals surface area (Å²) in [7, 11) is 0. The minimum absolute atomic E-state index is 0.136. The van der Waals surface area contributed by atoms with E-state index in [0.29, 0.717) is 0 Å². The molecule has 0 heterocycles. The van der Waals surface area contributed by atoms with Crippen LogP contribution in [0.4, 0.5) is 0 Å². The number of hydrogen-bond acceptors (Lipinski definition) is 3. The van der Waals surface area contributed by atoms with Crippen LogP contribution in [-0.2, 0) is 0 Å². The molecule has 1 fully saturated rings. The molecular formula is C15H30N4S. The van der Waals surface area contributed by atoms with E-state index in [1.807, 2.05) is 0 Å². The monoisotopic (exact) mass is 298 g/mol. The van der Waals surface area contributed by atoms with Gasteiger partial charge in [-0.1, -0.05) is 6.42 Å². The van der Waals surface area contributed by atoms with Crippen molar-refractivity contribution in [2.45, 2.75) is 77.9 Å². The van der Waals surface area contributed by atoms with Crippen LogP contribution >= 0.6 is 12.2 Å². The lowest BCUT2D eigenvalue weighted by molar-refractivity contribution is 0.247. The van der Waals surface area contributed by atoms with Gasteiger partial charge in [-0.2, -0.15) is 10.2 Å². The zero-order valence-electron chi connectivity index (χ0n) is 13.7. The molecule has 1 aliphatic rings. The fourth-order valence-electron chi connectivity index (χ4n) is 2.42. The summed E-state index contributed by atoms with van der Waals surface area (Å²) in [5.41, 5.74) is -0.422. The molecule has 0 aromatic carbocycles. The maximum atomic E-state index is 5.55. The Balaban J connectivity index is 2.83. The van der Waals surface area contributed by atoms with Gasteiger partial charge in [-0.05, 0) is 72.5 Å². The SMILES string of the molecule is CCN(CC)C(=S)NC1(N=NC(C)(C)C)CCCCC1. The van der Waals surface area contributed by atoms with Gasteiger partial charge in [0, 0.05) is 13.1 Å². The van der Waals surface area contributed by atoms with Crippen LogP contribution in [0.3, 0.4) is 0 Å². The third-order valence-electron chi connectivity index (χ3n) is 3.61. The molecule has 5 heteroatoms. The van der Waals surface area contributed by atoms with E-state index in [-0.39, 0.29) is 11.2 Å². The van der Waals surface area contributed by atoms with E-state index in [4.69, 9.17) is 12.2 Å². The van der Waals surface area contributed by atoms with Crippen molar-refractivity contribution < 1.29 is 0 Å². The lowest BCUT2D eigenvalue weighted by Crippen LogP contribution is -2.53. The summed E-state index contributed by atoms with van der Waals surface area (Å²) in [6, 6.07) is 0. The van der Waals surface area contributed by atoms with Crippen LogP contribution in [0.5, 0.6) is 0 Å². The first-order chi connectivity index (χ1) is 9.32. The molecule has 116 valence electrons. The number of nitrogens with one attached hydrogen (secondary N) is 1. The van der Waals surface area contributed by atoms with Gasteiger partial charge in [-0.15, -0.1) is 0 Å². The molecule has 1 rings (SSSR count). The quantitative estimate of drug-likeness (QED) is 0.627. The van der Waals surface area contributed by atoms with Crippen LogP contribution in [0.1, 0.15) is 66.7 Å². The Morgan fingerprint density at radius 1 is 1.15 bits per heavy atom. The largest absolute Gasteiger partial charge is 0.350 e. The molecule has 0 amide bonds. The molecule has 1 aliphatic carbocycles. The van der Waals surface area contributed by atoms with E-state index in [9.17, 15) is 0 Å². The van der Waals surface area contributed by atoms with Gasteiger partial charge in [0.15, 0.2) is 10.8 Å². The molecule has 0 aromatic rings. The Bertz CT molecular complexity index is 336. The fraction of sp³-hybridized carbons (Fsp3) is 0.933. The highest BCUT2D eigenvalue weighted by Crippen LogP contribution is 2.31. The third-order valence-corrected chi connectivity index (χ3v) is 3.97. The molecule has 20 heavy (non-hydrogen) atoms. The topological polar surface area (TPSA) is 40.0 Å². The number of thiocarbonyl (C=S) groups is 1. The van der Waals surface area contributed by atoms with Crippen molar-refractivity contribution in [1.82, 2.24) is 10.2 Å². The second-order valence-electron chi connectivity index (χ2n) is 6.57. The molecule has 0 unspecified atom stereocenters. The summed E-state index contributed by atoms with van der Waals surface area (Å²) in [4.78, 5) is 2.16. The van der Waals surface area contributed by atoms with Crippen molar-refractivity contribution in [2.75, 3.05) is 13.1 Å². The molecule has 0 aromatic heterocycles. The molecular weight excluding hydrogens is 268 g/mol. The van der Waals surface area contributed by atoms with Gasteiger partial charge < -0.3 is 10.2 Å². The second kappa shape index (κ2) is 7.34. The molecule has 1 N–H and O–H groups in total. The van der Waals surface area contributed by atoms with E-state index in [1.165, 1.54) is 19.3 Å². The lowest BCUT2D eigenvalue weighted by Gasteiger charge is -2.37. The van der Waals surface area contributed by atoms with E-state index in [1.54, 1.807) is 0 Å². The van der Waals surface area contributed by atoms with Gasteiger partial charge in [-0.3, -0.25) is 0 Å². The second-order valence-corrected chi connectivity index (χ2v) is 6.95. The predicted molar refractivity (Wildman–Crippen MR) is 89.1 cm³/mol. The molecule has 4 nitrogen and oxygen atoms in total. The highest BCUT2D eigenvalue weighted by Gasteiger charge is 2.34. The zero-order chi connectivity index (χ0) is 15.2. The van der Waals surface area contributed by atoms with Crippen molar-refractivity contribution in [2.24, 2.45) is 10.2 Å². The van der Waals surface area contributed by atoms with Gasteiger partial charge in [0.25, 0.3) is 0 Å². The number of nitrogens with zero attached hydrogens (tertiary/aromatic N) is 3. The van der Waals surface area contributed by atoms with Crippen LogP contribution in [0.25, 0.3) is 0 Å². The average Bonchev–Trinajstić information content (AvgIpc) is 2.38. The van der Waals surface area contributed by atoms with Crippen LogP contribution in [-0.4, -0.2) is 34.3 Å². The van der Waals surface area contributed by atoms with Gasteiger partial charge in [0.05, 0.1) is 5.54 Å². The van der Waals surface area contributed by atoms with Gasteiger partial charge in [-0.25, -0.2) is 0 Å². The number of hydrogen-bond donors (Lipinski definition) is 1. The van der Waals surface area contributed by atoms with E-state index >= 15 is 0 Å². The summed E-state index contributed by atoms with van der Waals surface area (Å²) in [6.45, 7) is 12.3. The normalized spacial score (nSPS) is 19.1. The smallest absolute Gasteiger partial charge is 0.170 e. The number of rotatable bonds is 4. The Labute approximate surface area is 129 Å². The summed E-state index contributed by atoms with van der Waals surface area (Å²) >= 11 is 5.55. The van der Waals surface area contributed by atoms with E-state index in [2.05, 4.69) is 55.1 Å². The van der Waals surface area contributed by atoms with Gasteiger partial charge in [0.1, 0.15) is 0 Å². The van der Waals surface area contributed by atoms with E-state index < -0.39 is 0 Å². The molecule has 0 radical (unpaired) electrons. The first-order valence-corrected chi connectivity index (χ1v) is 8.24. The van der Waals surface area contributed by atoms with Crippen LogP contribution < -0.4 is 5.32 Å². The molecule has 0 aliphatic heterocycles. The maximum Gasteiger partial charge on any atom is 0.170 e. The van der Waals surface area contributed by atoms with Crippen molar-refractivity contribution >= 4 is 17.3 Å². The van der Waals surface area contributed by atoms with Gasteiger partial charge in [0.2, 0.25) is 0 Å². The van der Waals surface area contributed by atoms with Crippen LogP contribution in [0.2, 0.25) is 0 Å². The minimum Gasteiger partial charge on any atom is -0.350 e. The van der Waals surface area contributed by atoms with Crippen molar-refractivity contribution in [3.8, 4) is 0 Å². The third kappa shape index (κ3) is 5.35. The summed E-state index contributed by atoms with van der Waals surface area (Å²) in [6.07, 6.45) is 5.71. The zero-order valence-corrected chi connectivity index (χ0v) is 14.5. The van der Waals surface area contributed by atoms with Gasteiger partial charge >= 0.3 is 0 Å². The molecule has 0 bridgehead atoms. The highest BCUT2D eigenvalue weighted by molar-refractivity contribution is 7.80. The fourth-order valence-corrected chi connectivity index (χ4v) is 2.87. The first kappa shape index (κ1) is 17.3. The standard InChI is InChI=1S/C15H30N4S/c1-6-19(7-2)13(20)16-15(11-9-8-10-12-15)18-17-14(3,4)5/h6-12H2,1-5H3,(H,16,20). The molecule has 0 saturated heterocycles. The molecule has 0 spiro atoms. The van der Waals surface area contributed by atoms with Crippen molar-refractivity contribution in [3.05, 3.63) is 0 Å². The average molecular weight is 299 g/mol. The lowest BCUT2D eigenvalue weighted by atomic mass is 9.89. The van der Waals surface area contributed by atoms with Crippen molar-refractivity contribution in [1.29, 1.82) is 0 Å². The molecule has 0 atom stereocenters. The minimum atomic E-state index is -0.287. The van der Waals surface area contributed by atoms with E-state index in [0.717, 1.165) is 31.0 Å². The summed E-state index contributed by atoms with van der Waals surface area (Å²) < 4.78 is 0. The highest BCUT2D eigenvalue weighted by atomic mass is 32.1. The Morgan fingerprint density at radius 3 is 2.15 bits per heavy atom. The number of azo groups is 1. The summed E-state index contributed by atoms with van der Waals surface area (Å²) in [5, 5.41) is 13.5. The summed E-state index contributed by atoms with van der Waals surface area (Å²) in [5.74, 6) is 0. The maximum absolute atomic E-state index is 5.55. The Hall–Kier alpha value is -0.710. The van der Waals surface area contributed by atoms with Crippen LogP contribution in [0.15, 0.2) is 10.2 Å². The predicted octanol–water partition coefficient (Wildman–Crippen LogP) is 4.11. The Morgan fingerprint density at radius 2 is 1.70 bits per heavy atom. The Kier molecular flexibility index (Phi) is 6.37. The van der Waals surface area contributed by atoms with Crippen molar-refractivity contribution in [3.63, 3.8) is 0 Å². The van der Waals surface area contributed by atoms with Crippen LogP contribution in [0, 0.1) is 0 Å². The first-order valence-electron chi connectivity index (χ1n) is 7.83.